The van der Waals surface area contributed by atoms with Crippen molar-refractivity contribution in [3.8, 4) is 0 Å². The molecule has 0 unspecified atom stereocenters. The van der Waals surface area contributed by atoms with Crippen LogP contribution in [0.25, 0.3) is 0 Å². The number of ether oxygens (including phenoxy) is 1. The second-order valence-electron chi connectivity index (χ2n) is 5.55. The highest BCUT2D eigenvalue weighted by Crippen LogP contribution is 2.16. The minimum atomic E-state index is 0.0816. The summed E-state index contributed by atoms with van der Waals surface area (Å²) in [5.41, 5.74) is 0.756. The number of ketones is 1. The summed E-state index contributed by atoms with van der Waals surface area (Å²) >= 11 is 0. The molecule has 1 aromatic heterocycles. The van der Waals surface area contributed by atoms with Gasteiger partial charge in [0.25, 0.3) is 0 Å². The number of Topliss-reactive ketones (excluding diaryl/α,β-unsaturated/α-hetero) is 1. The van der Waals surface area contributed by atoms with Crippen molar-refractivity contribution in [2.75, 3.05) is 19.8 Å². The molecule has 116 valence electrons. The Labute approximate surface area is 129 Å². The quantitative estimate of drug-likeness (QED) is 0.779. The molecule has 0 aliphatic carbocycles. The van der Waals surface area contributed by atoms with Crippen molar-refractivity contribution in [3.63, 3.8) is 0 Å². The molecule has 0 N–H and O–H groups in total. The van der Waals surface area contributed by atoms with E-state index in [4.69, 9.17) is 4.74 Å². The number of aryl methyl sites for hydroxylation is 1. The predicted molar refractivity (Wildman–Crippen MR) is 81.4 cm³/mol. The fourth-order valence-electron chi connectivity index (χ4n) is 2.67. The Morgan fingerprint density at radius 1 is 1.36 bits per heavy atom. The zero-order chi connectivity index (χ0) is 15.4. The maximum Gasteiger partial charge on any atom is 0.164 e. The van der Waals surface area contributed by atoms with Crippen LogP contribution in [0.15, 0.2) is 36.7 Å². The minimum absolute atomic E-state index is 0.0816. The average molecular weight is 300 g/mol. The maximum absolute atomic E-state index is 12.4. The van der Waals surface area contributed by atoms with Crippen LogP contribution in [-0.2, 0) is 18.3 Å². The van der Waals surface area contributed by atoms with Gasteiger partial charge in [0.15, 0.2) is 5.78 Å². The Balaban J connectivity index is 1.67. The first-order chi connectivity index (χ1) is 10.7. The van der Waals surface area contributed by atoms with E-state index in [0.29, 0.717) is 26.2 Å². The molecule has 1 fully saturated rings. The van der Waals surface area contributed by atoms with Gasteiger partial charge in [-0.2, -0.15) is 0 Å². The fourth-order valence-corrected chi connectivity index (χ4v) is 2.67. The lowest BCUT2D eigenvalue weighted by molar-refractivity contribution is -0.0140. The van der Waals surface area contributed by atoms with Crippen LogP contribution in [0, 0.1) is 0 Å². The number of hydrogen-bond acceptors (Lipinski definition) is 5. The molecule has 1 atom stereocenters. The topological polar surface area (TPSA) is 60.3 Å². The molecule has 6 heteroatoms. The van der Waals surface area contributed by atoms with E-state index < -0.39 is 0 Å². The number of rotatable bonds is 5. The summed E-state index contributed by atoms with van der Waals surface area (Å²) in [4.78, 5) is 14.7. The molecule has 1 saturated heterocycles. The van der Waals surface area contributed by atoms with Crippen LogP contribution in [0.1, 0.15) is 22.6 Å². The van der Waals surface area contributed by atoms with Gasteiger partial charge < -0.3 is 9.30 Å². The Kier molecular flexibility index (Phi) is 4.60. The third kappa shape index (κ3) is 3.40. The molecular weight excluding hydrogens is 280 g/mol. The molecule has 3 rings (SSSR count). The van der Waals surface area contributed by atoms with Gasteiger partial charge in [-0.15, -0.1) is 10.2 Å². The number of nitrogens with zero attached hydrogens (tertiary/aromatic N) is 4. The predicted octanol–water partition coefficient (Wildman–Crippen LogP) is 1.29. The molecule has 0 radical (unpaired) electrons. The summed E-state index contributed by atoms with van der Waals surface area (Å²) in [6.07, 6.45) is 2.15. The van der Waals surface area contributed by atoms with Gasteiger partial charge in [0.1, 0.15) is 12.2 Å². The zero-order valence-electron chi connectivity index (χ0n) is 12.7. The molecule has 6 nitrogen and oxygen atoms in total. The van der Waals surface area contributed by atoms with Crippen molar-refractivity contribution in [2.24, 2.45) is 7.05 Å². The first kappa shape index (κ1) is 14.9. The van der Waals surface area contributed by atoms with E-state index in [1.807, 2.05) is 41.9 Å². The van der Waals surface area contributed by atoms with E-state index in [-0.39, 0.29) is 11.8 Å². The standard InChI is InChI=1S/C16H20N4O2/c1-19-12-17-18-16(19)10-20-7-8-22-11-14(20)9-15(21)13-5-3-2-4-6-13/h2-6,12,14H,7-11H2,1H3/t14-/m1/s1. The van der Waals surface area contributed by atoms with Crippen molar-refractivity contribution in [1.82, 2.24) is 19.7 Å². The molecule has 1 aromatic carbocycles. The molecule has 2 aromatic rings. The molecule has 0 spiro atoms. The number of carbonyl (C=O) groups is 1. The zero-order valence-corrected chi connectivity index (χ0v) is 12.7. The third-order valence-corrected chi connectivity index (χ3v) is 4.02. The van der Waals surface area contributed by atoms with E-state index in [9.17, 15) is 4.79 Å². The summed E-state index contributed by atoms with van der Waals surface area (Å²) < 4.78 is 7.47. The Hall–Kier alpha value is -2.05. The van der Waals surface area contributed by atoms with Gasteiger partial charge in [0, 0.05) is 31.6 Å². The normalized spacial score (nSPS) is 19.2. The van der Waals surface area contributed by atoms with Crippen molar-refractivity contribution >= 4 is 5.78 Å². The molecular formula is C16H20N4O2. The van der Waals surface area contributed by atoms with Gasteiger partial charge in [-0.25, -0.2) is 0 Å². The third-order valence-electron chi connectivity index (χ3n) is 4.02. The van der Waals surface area contributed by atoms with Gasteiger partial charge >= 0.3 is 0 Å². The molecule has 0 amide bonds. The van der Waals surface area contributed by atoms with Crippen LogP contribution in [0.4, 0.5) is 0 Å². The van der Waals surface area contributed by atoms with Crippen LogP contribution in [0.5, 0.6) is 0 Å². The van der Waals surface area contributed by atoms with Crippen LogP contribution in [0.2, 0.25) is 0 Å². The lowest BCUT2D eigenvalue weighted by Crippen LogP contribution is -2.46. The van der Waals surface area contributed by atoms with Gasteiger partial charge in [-0.3, -0.25) is 9.69 Å². The van der Waals surface area contributed by atoms with Gasteiger partial charge in [0.05, 0.1) is 19.8 Å². The van der Waals surface area contributed by atoms with Crippen molar-refractivity contribution in [1.29, 1.82) is 0 Å². The molecule has 1 aliphatic heterocycles. The Bertz CT molecular complexity index is 626. The smallest absolute Gasteiger partial charge is 0.164 e. The van der Waals surface area contributed by atoms with Crippen molar-refractivity contribution < 1.29 is 9.53 Å². The molecule has 0 saturated carbocycles. The number of morpholine rings is 1. The fraction of sp³-hybridized carbons (Fsp3) is 0.438. The van der Waals surface area contributed by atoms with Crippen LogP contribution < -0.4 is 0 Å². The summed E-state index contributed by atoms with van der Waals surface area (Å²) in [7, 11) is 1.93. The van der Waals surface area contributed by atoms with Crippen LogP contribution >= 0.6 is 0 Å². The van der Waals surface area contributed by atoms with Crippen LogP contribution in [-0.4, -0.2) is 51.2 Å². The van der Waals surface area contributed by atoms with E-state index in [0.717, 1.165) is 17.9 Å². The first-order valence-electron chi connectivity index (χ1n) is 7.47. The Morgan fingerprint density at radius 3 is 2.91 bits per heavy atom. The van der Waals surface area contributed by atoms with Gasteiger partial charge in [0.2, 0.25) is 0 Å². The van der Waals surface area contributed by atoms with Gasteiger partial charge in [-0.1, -0.05) is 30.3 Å². The monoisotopic (exact) mass is 300 g/mol. The van der Waals surface area contributed by atoms with E-state index in [1.54, 1.807) is 6.33 Å². The second-order valence-corrected chi connectivity index (χ2v) is 5.55. The van der Waals surface area contributed by atoms with Crippen molar-refractivity contribution in [3.05, 3.63) is 48.0 Å². The number of carbonyl (C=O) groups excluding carboxylic acids is 1. The van der Waals surface area contributed by atoms with E-state index >= 15 is 0 Å². The largest absolute Gasteiger partial charge is 0.378 e. The average Bonchev–Trinajstić information content (AvgIpc) is 2.95. The SMILES string of the molecule is Cn1cnnc1CN1CCOC[C@H]1CC(=O)c1ccccc1. The molecule has 22 heavy (non-hydrogen) atoms. The summed E-state index contributed by atoms with van der Waals surface area (Å²) in [5, 5.41) is 8.04. The number of aromatic nitrogens is 3. The second kappa shape index (κ2) is 6.81. The first-order valence-corrected chi connectivity index (χ1v) is 7.47. The summed E-state index contributed by atoms with van der Waals surface area (Å²) in [5.74, 6) is 1.05. The molecule has 2 heterocycles. The summed E-state index contributed by atoms with van der Waals surface area (Å²) in [6.45, 7) is 2.76. The molecule has 1 aliphatic rings. The highest BCUT2D eigenvalue weighted by Gasteiger charge is 2.26. The lowest BCUT2D eigenvalue weighted by Gasteiger charge is -2.34. The van der Waals surface area contributed by atoms with E-state index in [1.165, 1.54) is 0 Å². The Morgan fingerprint density at radius 2 is 2.18 bits per heavy atom. The van der Waals surface area contributed by atoms with Gasteiger partial charge in [-0.05, 0) is 0 Å². The maximum atomic E-state index is 12.4. The highest BCUT2D eigenvalue weighted by atomic mass is 16.5. The lowest BCUT2D eigenvalue weighted by atomic mass is 10.0. The number of hydrogen-bond donors (Lipinski definition) is 0. The molecule has 0 bridgehead atoms. The highest BCUT2D eigenvalue weighted by molar-refractivity contribution is 5.96. The summed E-state index contributed by atoms with van der Waals surface area (Å²) in [6, 6.07) is 9.50. The number of benzene rings is 1. The van der Waals surface area contributed by atoms with E-state index in [2.05, 4.69) is 15.1 Å². The van der Waals surface area contributed by atoms with Crippen LogP contribution in [0.3, 0.4) is 0 Å². The van der Waals surface area contributed by atoms with Crippen molar-refractivity contribution in [2.45, 2.75) is 19.0 Å². The minimum Gasteiger partial charge on any atom is -0.378 e.